The van der Waals surface area contributed by atoms with Crippen molar-refractivity contribution in [2.75, 3.05) is 25.6 Å². The highest BCUT2D eigenvalue weighted by Crippen LogP contribution is 2.31. The van der Waals surface area contributed by atoms with E-state index in [9.17, 15) is 9.59 Å². The summed E-state index contributed by atoms with van der Waals surface area (Å²) in [4.78, 5) is 29.0. The number of carbonyl (C=O) groups is 2. The first kappa shape index (κ1) is 23.6. The van der Waals surface area contributed by atoms with Crippen molar-refractivity contribution in [2.45, 2.75) is 6.92 Å². The Balaban J connectivity index is 1.50. The molecule has 35 heavy (non-hydrogen) atoms. The fourth-order valence-corrected chi connectivity index (χ4v) is 3.37. The van der Waals surface area contributed by atoms with Gasteiger partial charge in [0, 0.05) is 5.69 Å². The molecule has 1 N–H and O–H groups in total. The molecule has 0 radical (unpaired) electrons. The molecule has 8 heteroatoms. The Labute approximate surface area is 202 Å². The van der Waals surface area contributed by atoms with E-state index in [1.54, 1.807) is 48.5 Å². The van der Waals surface area contributed by atoms with Gasteiger partial charge in [0.1, 0.15) is 5.75 Å². The van der Waals surface area contributed by atoms with E-state index in [1.807, 2.05) is 37.3 Å². The first-order chi connectivity index (χ1) is 17.1. The van der Waals surface area contributed by atoms with Gasteiger partial charge in [0.25, 0.3) is 5.91 Å². The lowest BCUT2D eigenvalue weighted by Gasteiger charge is -2.13. The first-order valence-corrected chi connectivity index (χ1v) is 11.0. The number of nitrogens with one attached hydrogen (secondary N) is 1. The van der Waals surface area contributed by atoms with Crippen LogP contribution in [0.15, 0.2) is 83.5 Å². The van der Waals surface area contributed by atoms with Gasteiger partial charge in [0.2, 0.25) is 5.90 Å². The average Bonchev–Trinajstić information content (AvgIpc) is 3.24. The van der Waals surface area contributed by atoms with E-state index >= 15 is 0 Å². The zero-order valence-corrected chi connectivity index (χ0v) is 19.3. The van der Waals surface area contributed by atoms with Crippen molar-refractivity contribution >= 4 is 29.5 Å². The molecule has 3 aromatic rings. The van der Waals surface area contributed by atoms with Crippen LogP contribution >= 0.6 is 0 Å². The number of cyclic esters (lactones) is 1. The molecule has 4 rings (SSSR count). The summed E-state index contributed by atoms with van der Waals surface area (Å²) in [6, 6.07) is 21.4. The largest absolute Gasteiger partial charge is 0.496 e. The monoisotopic (exact) mass is 472 g/mol. The summed E-state index contributed by atoms with van der Waals surface area (Å²) < 4.78 is 22.0. The van der Waals surface area contributed by atoms with Gasteiger partial charge in [-0.15, -0.1) is 0 Å². The van der Waals surface area contributed by atoms with Crippen LogP contribution in [0.4, 0.5) is 5.69 Å². The minimum atomic E-state index is -0.568. The lowest BCUT2D eigenvalue weighted by atomic mass is 10.1. The van der Waals surface area contributed by atoms with Crippen LogP contribution in [-0.4, -0.2) is 38.1 Å². The Morgan fingerprint density at radius 3 is 2.51 bits per heavy atom. The summed E-state index contributed by atoms with van der Waals surface area (Å²) in [7, 11) is 1.54. The smallest absolute Gasteiger partial charge is 0.363 e. The fourth-order valence-electron chi connectivity index (χ4n) is 3.37. The zero-order chi connectivity index (χ0) is 24.6. The standard InChI is InChI=1S/C27H24N2O6/c1-3-33-24-16-18(13-14-23(24)34-17-25(30)28-19-9-5-4-6-10-19)15-21-27(31)35-26(29-21)20-11-7-8-12-22(20)32-2/h4-16H,3,17H2,1-2H3,(H,28,30)/b21-15-. The molecule has 0 saturated carbocycles. The molecule has 0 aliphatic carbocycles. The van der Waals surface area contributed by atoms with E-state index in [0.717, 1.165) is 0 Å². The number of benzene rings is 3. The number of anilines is 1. The Morgan fingerprint density at radius 2 is 1.74 bits per heavy atom. The van der Waals surface area contributed by atoms with Crippen LogP contribution in [-0.2, 0) is 14.3 Å². The van der Waals surface area contributed by atoms with Crippen LogP contribution in [0, 0.1) is 0 Å². The van der Waals surface area contributed by atoms with Gasteiger partial charge in [-0.1, -0.05) is 36.4 Å². The number of para-hydroxylation sites is 2. The summed E-state index contributed by atoms with van der Waals surface area (Å²) in [6.07, 6.45) is 1.60. The molecule has 1 aliphatic rings. The minimum absolute atomic E-state index is 0.143. The molecule has 1 aliphatic heterocycles. The van der Waals surface area contributed by atoms with Gasteiger partial charge in [0.15, 0.2) is 23.8 Å². The maximum absolute atomic E-state index is 12.4. The molecule has 178 valence electrons. The van der Waals surface area contributed by atoms with Crippen molar-refractivity contribution in [3.8, 4) is 17.2 Å². The van der Waals surface area contributed by atoms with Crippen molar-refractivity contribution in [3.05, 3.63) is 89.6 Å². The van der Waals surface area contributed by atoms with E-state index in [4.69, 9.17) is 18.9 Å². The van der Waals surface area contributed by atoms with E-state index in [0.29, 0.717) is 40.7 Å². The number of methoxy groups -OCH3 is 1. The maximum atomic E-state index is 12.4. The highest BCUT2D eigenvalue weighted by atomic mass is 16.6. The van der Waals surface area contributed by atoms with Crippen LogP contribution in [0.25, 0.3) is 6.08 Å². The van der Waals surface area contributed by atoms with Gasteiger partial charge in [-0.2, -0.15) is 0 Å². The van der Waals surface area contributed by atoms with Crippen LogP contribution in [0.1, 0.15) is 18.1 Å². The van der Waals surface area contributed by atoms with Crippen LogP contribution in [0.2, 0.25) is 0 Å². The third kappa shape index (κ3) is 5.86. The SMILES string of the molecule is CCOc1cc(/C=C2\N=C(c3ccccc3OC)OC2=O)ccc1OCC(=O)Nc1ccccc1. The highest BCUT2D eigenvalue weighted by molar-refractivity contribution is 6.13. The lowest BCUT2D eigenvalue weighted by molar-refractivity contribution is -0.130. The second kappa shape index (κ2) is 11.0. The summed E-state index contributed by atoms with van der Waals surface area (Å²) in [5.74, 6) is 0.711. The zero-order valence-electron chi connectivity index (χ0n) is 19.3. The third-order valence-corrected chi connectivity index (χ3v) is 4.95. The number of nitrogens with zero attached hydrogens (tertiary/aromatic N) is 1. The van der Waals surface area contributed by atoms with Crippen molar-refractivity contribution in [1.29, 1.82) is 0 Å². The number of amides is 1. The first-order valence-electron chi connectivity index (χ1n) is 11.0. The molecule has 0 unspecified atom stereocenters. The van der Waals surface area contributed by atoms with E-state index in [-0.39, 0.29) is 24.1 Å². The number of aliphatic imine (C=N–C) groups is 1. The molecule has 8 nitrogen and oxygen atoms in total. The normalized spacial score (nSPS) is 13.7. The molecular formula is C27H24N2O6. The number of hydrogen-bond acceptors (Lipinski definition) is 7. The lowest BCUT2D eigenvalue weighted by Crippen LogP contribution is -2.20. The van der Waals surface area contributed by atoms with Crippen molar-refractivity contribution in [1.82, 2.24) is 0 Å². The summed E-state index contributed by atoms with van der Waals surface area (Å²) >= 11 is 0. The number of esters is 1. The van der Waals surface area contributed by atoms with Crippen molar-refractivity contribution < 1.29 is 28.5 Å². The molecular weight excluding hydrogens is 448 g/mol. The second-order valence-corrected chi connectivity index (χ2v) is 7.38. The molecule has 1 heterocycles. The topological polar surface area (TPSA) is 95.4 Å². The van der Waals surface area contributed by atoms with E-state index in [1.165, 1.54) is 7.11 Å². The van der Waals surface area contributed by atoms with E-state index in [2.05, 4.69) is 10.3 Å². The van der Waals surface area contributed by atoms with E-state index < -0.39 is 5.97 Å². The molecule has 3 aromatic carbocycles. The number of carbonyl (C=O) groups excluding carboxylic acids is 2. The molecule has 0 aromatic heterocycles. The molecule has 0 spiro atoms. The van der Waals surface area contributed by atoms with Crippen molar-refractivity contribution in [2.24, 2.45) is 4.99 Å². The molecule has 0 saturated heterocycles. The van der Waals surface area contributed by atoms with Gasteiger partial charge in [0.05, 0.1) is 19.3 Å². The predicted octanol–water partition coefficient (Wildman–Crippen LogP) is 4.46. The fraction of sp³-hybridized carbons (Fsp3) is 0.148. The molecule has 1 amide bonds. The second-order valence-electron chi connectivity index (χ2n) is 7.38. The van der Waals surface area contributed by atoms with Gasteiger partial charge in [-0.3, -0.25) is 4.79 Å². The van der Waals surface area contributed by atoms with Gasteiger partial charge in [-0.25, -0.2) is 9.79 Å². The highest BCUT2D eigenvalue weighted by Gasteiger charge is 2.26. The predicted molar refractivity (Wildman–Crippen MR) is 132 cm³/mol. The number of ether oxygens (including phenoxy) is 4. The Kier molecular flexibility index (Phi) is 7.42. The van der Waals surface area contributed by atoms with Crippen molar-refractivity contribution in [3.63, 3.8) is 0 Å². The number of rotatable bonds is 9. The summed E-state index contributed by atoms with van der Waals surface area (Å²) in [5, 5.41) is 2.76. The molecule has 0 bridgehead atoms. The third-order valence-electron chi connectivity index (χ3n) is 4.95. The van der Waals surface area contributed by atoms with Crippen LogP contribution in [0.5, 0.6) is 17.2 Å². The number of hydrogen-bond donors (Lipinski definition) is 1. The average molecular weight is 472 g/mol. The Hall–Kier alpha value is -4.59. The summed E-state index contributed by atoms with van der Waals surface area (Å²) in [6.45, 7) is 2.05. The Bertz CT molecular complexity index is 1280. The molecule has 0 fully saturated rings. The van der Waals surface area contributed by atoms with Gasteiger partial charge >= 0.3 is 5.97 Å². The summed E-state index contributed by atoms with van der Waals surface area (Å²) in [5.41, 5.74) is 2.07. The maximum Gasteiger partial charge on any atom is 0.363 e. The van der Waals surface area contributed by atoms with Crippen LogP contribution in [0.3, 0.4) is 0 Å². The quantitative estimate of drug-likeness (QED) is 0.365. The van der Waals surface area contributed by atoms with Gasteiger partial charge in [-0.05, 0) is 55.0 Å². The van der Waals surface area contributed by atoms with Crippen LogP contribution < -0.4 is 19.5 Å². The molecule has 0 atom stereocenters. The Morgan fingerprint density at radius 1 is 0.971 bits per heavy atom. The van der Waals surface area contributed by atoms with Gasteiger partial charge < -0.3 is 24.3 Å². The minimum Gasteiger partial charge on any atom is -0.496 e.